The van der Waals surface area contributed by atoms with E-state index in [1.54, 1.807) is 35.7 Å². The van der Waals surface area contributed by atoms with Gasteiger partial charge in [0.1, 0.15) is 5.75 Å². The quantitative estimate of drug-likeness (QED) is 0.667. The molecule has 1 aromatic rings. The summed E-state index contributed by atoms with van der Waals surface area (Å²) < 4.78 is 32.6. The second-order valence-corrected chi connectivity index (χ2v) is 10.3. The van der Waals surface area contributed by atoms with Gasteiger partial charge < -0.3 is 10.1 Å². The van der Waals surface area contributed by atoms with Crippen molar-refractivity contribution in [2.75, 3.05) is 26.7 Å². The molecule has 7 heteroatoms. The van der Waals surface area contributed by atoms with Crippen molar-refractivity contribution in [3.63, 3.8) is 0 Å². The standard InChI is InChI=1S/C22H34N2O4S.2CH4/c1-28-20-11-13-21(14-12-20)29(26,27)24-15-7-8-18(17-24)16-23-22(25)19-9-5-3-2-4-6-10-19;;/h11-14,18-19H,2-10,15-17H2,1H3,(H,23,25);2*1H4. The van der Waals surface area contributed by atoms with Crippen LogP contribution in [0.1, 0.15) is 72.6 Å². The summed E-state index contributed by atoms with van der Waals surface area (Å²) in [5.74, 6) is 1.08. The molecule has 3 rings (SSSR count). The van der Waals surface area contributed by atoms with Gasteiger partial charge in [0.15, 0.2) is 0 Å². The predicted molar refractivity (Wildman–Crippen MR) is 127 cm³/mol. The smallest absolute Gasteiger partial charge is 0.243 e. The first kappa shape index (κ1) is 27.4. The van der Waals surface area contributed by atoms with Gasteiger partial charge in [0, 0.05) is 25.6 Å². The molecule has 1 heterocycles. The van der Waals surface area contributed by atoms with Crippen molar-refractivity contribution in [3.05, 3.63) is 24.3 Å². The Morgan fingerprint density at radius 1 is 1.00 bits per heavy atom. The summed E-state index contributed by atoms with van der Waals surface area (Å²) in [6.45, 7) is 1.55. The van der Waals surface area contributed by atoms with Crippen LogP contribution in [0.2, 0.25) is 0 Å². The molecule has 1 aromatic carbocycles. The maximum Gasteiger partial charge on any atom is 0.243 e. The van der Waals surface area contributed by atoms with E-state index in [-0.39, 0.29) is 37.5 Å². The molecule has 1 amide bonds. The summed E-state index contributed by atoms with van der Waals surface area (Å²) in [5, 5.41) is 3.12. The van der Waals surface area contributed by atoms with Crippen LogP contribution < -0.4 is 10.1 Å². The number of ether oxygens (including phenoxy) is 1. The Morgan fingerprint density at radius 3 is 2.23 bits per heavy atom. The molecule has 2 fully saturated rings. The number of carbonyl (C=O) groups is 1. The SMILES string of the molecule is C.C.COc1ccc(S(=O)(=O)N2CCCC(CNC(=O)C3CCCCCCC3)C2)cc1. The number of methoxy groups -OCH3 is 1. The maximum absolute atomic E-state index is 13.0. The number of sulfonamides is 1. The van der Waals surface area contributed by atoms with Crippen LogP contribution in [0.5, 0.6) is 5.75 Å². The molecule has 1 aliphatic carbocycles. The molecular weight excluding hydrogens is 412 g/mol. The van der Waals surface area contributed by atoms with Crippen LogP contribution in [0.3, 0.4) is 0 Å². The monoisotopic (exact) mass is 454 g/mol. The molecule has 0 aromatic heterocycles. The third-order valence-electron chi connectivity index (χ3n) is 6.22. The van der Waals surface area contributed by atoms with E-state index in [0.717, 1.165) is 38.5 Å². The molecule has 0 radical (unpaired) electrons. The topological polar surface area (TPSA) is 75.7 Å². The molecule has 1 N–H and O–H groups in total. The second-order valence-electron chi connectivity index (χ2n) is 8.33. The molecule has 2 aliphatic rings. The van der Waals surface area contributed by atoms with Gasteiger partial charge in [-0.05, 0) is 55.9 Å². The van der Waals surface area contributed by atoms with Gasteiger partial charge in [-0.25, -0.2) is 8.42 Å². The van der Waals surface area contributed by atoms with E-state index in [9.17, 15) is 13.2 Å². The summed E-state index contributed by atoms with van der Waals surface area (Å²) in [7, 11) is -1.96. The van der Waals surface area contributed by atoms with Crippen molar-refractivity contribution in [3.8, 4) is 5.75 Å². The van der Waals surface area contributed by atoms with Crippen molar-refractivity contribution < 1.29 is 17.9 Å². The highest BCUT2D eigenvalue weighted by Gasteiger charge is 2.31. The molecule has 0 bridgehead atoms. The van der Waals surface area contributed by atoms with Crippen molar-refractivity contribution in [2.24, 2.45) is 11.8 Å². The first-order valence-electron chi connectivity index (χ1n) is 10.9. The molecule has 31 heavy (non-hydrogen) atoms. The number of carbonyl (C=O) groups excluding carboxylic acids is 1. The zero-order valence-corrected chi connectivity index (χ0v) is 18.3. The van der Waals surface area contributed by atoms with Crippen molar-refractivity contribution in [2.45, 2.75) is 77.5 Å². The van der Waals surface area contributed by atoms with Crippen LogP contribution in [0, 0.1) is 11.8 Å². The minimum Gasteiger partial charge on any atom is -0.497 e. The van der Waals surface area contributed by atoms with Gasteiger partial charge in [0.25, 0.3) is 0 Å². The number of nitrogens with one attached hydrogen (secondary N) is 1. The van der Waals surface area contributed by atoms with E-state index >= 15 is 0 Å². The Morgan fingerprint density at radius 2 is 1.61 bits per heavy atom. The van der Waals surface area contributed by atoms with Crippen LogP contribution in [0.15, 0.2) is 29.2 Å². The van der Waals surface area contributed by atoms with Gasteiger partial charge in [-0.2, -0.15) is 4.31 Å². The van der Waals surface area contributed by atoms with E-state index in [1.807, 2.05) is 0 Å². The minimum absolute atomic E-state index is 0. The molecule has 1 atom stereocenters. The Kier molecular flexibility index (Phi) is 11.6. The lowest BCUT2D eigenvalue weighted by Crippen LogP contribution is -2.44. The summed E-state index contributed by atoms with van der Waals surface area (Å²) in [6, 6.07) is 6.52. The highest BCUT2D eigenvalue weighted by Crippen LogP contribution is 2.26. The number of rotatable bonds is 6. The van der Waals surface area contributed by atoms with Gasteiger partial charge in [-0.15, -0.1) is 0 Å². The lowest BCUT2D eigenvalue weighted by atomic mass is 9.90. The Balaban J connectivity index is 0.00000240. The second kappa shape index (κ2) is 13.1. The molecule has 1 unspecified atom stereocenters. The third kappa shape index (κ3) is 7.49. The molecule has 6 nitrogen and oxygen atoms in total. The van der Waals surface area contributed by atoms with Crippen molar-refractivity contribution in [1.82, 2.24) is 9.62 Å². The fraction of sp³-hybridized carbons (Fsp3) is 0.708. The average molecular weight is 455 g/mol. The average Bonchev–Trinajstić information content (AvgIpc) is 2.72. The van der Waals surface area contributed by atoms with Crippen LogP contribution in [-0.2, 0) is 14.8 Å². The molecule has 0 spiro atoms. The molecule has 178 valence electrons. The van der Waals surface area contributed by atoms with Crippen LogP contribution in [-0.4, -0.2) is 45.4 Å². The molecular formula is C24H42N2O4S. The van der Waals surface area contributed by atoms with Gasteiger partial charge in [-0.1, -0.05) is 47.0 Å². The number of benzene rings is 1. The van der Waals surface area contributed by atoms with Crippen molar-refractivity contribution in [1.29, 1.82) is 0 Å². The minimum atomic E-state index is -3.52. The zero-order valence-electron chi connectivity index (χ0n) is 17.4. The van der Waals surface area contributed by atoms with Crippen molar-refractivity contribution >= 4 is 15.9 Å². The Hall–Kier alpha value is -1.60. The fourth-order valence-electron chi connectivity index (χ4n) is 4.42. The maximum atomic E-state index is 13.0. The Labute approximate surface area is 189 Å². The van der Waals surface area contributed by atoms with E-state index in [4.69, 9.17) is 4.74 Å². The van der Waals surface area contributed by atoms with Crippen LogP contribution in [0.4, 0.5) is 0 Å². The lowest BCUT2D eigenvalue weighted by Gasteiger charge is -2.32. The van der Waals surface area contributed by atoms with E-state index < -0.39 is 10.0 Å². The first-order chi connectivity index (χ1) is 14.0. The van der Waals surface area contributed by atoms with Crippen LogP contribution in [0.25, 0.3) is 0 Å². The highest BCUT2D eigenvalue weighted by molar-refractivity contribution is 7.89. The van der Waals surface area contributed by atoms with Crippen LogP contribution >= 0.6 is 0 Å². The number of amides is 1. The number of hydrogen-bond acceptors (Lipinski definition) is 4. The fourth-order valence-corrected chi connectivity index (χ4v) is 5.97. The van der Waals surface area contributed by atoms with E-state index in [2.05, 4.69) is 5.32 Å². The van der Waals surface area contributed by atoms with E-state index in [0.29, 0.717) is 25.4 Å². The molecule has 1 saturated heterocycles. The molecule has 1 saturated carbocycles. The van der Waals surface area contributed by atoms with Gasteiger partial charge in [-0.3, -0.25) is 4.79 Å². The Bertz CT molecular complexity index is 756. The number of nitrogens with zero attached hydrogens (tertiary/aromatic N) is 1. The van der Waals surface area contributed by atoms with E-state index in [1.165, 1.54) is 19.3 Å². The lowest BCUT2D eigenvalue weighted by molar-refractivity contribution is -0.125. The summed E-state index contributed by atoms with van der Waals surface area (Å²) >= 11 is 0. The van der Waals surface area contributed by atoms with Gasteiger partial charge >= 0.3 is 0 Å². The van der Waals surface area contributed by atoms with Gasteiger partial charge in [0.05, 0.1) is 12.0 Å². The predicted octanol–water partition coefficient (Wildman–Crippen LogP) is 4.84. The normalized spacial score (nSPS) is 21.0. The number of hydrogen-bond donors (Lipinski definition) is 1. The summed E-state index contributed by atoms with van der Waals surface area (Å²) in [5.41, 5.74) is 0. The number of piperidine rings is 1. The zero-order chi connectivity index (χ0) is 20.7. The highest BCUT2D eigenvalue weighted by atomic mass is 32.2. The first-order valence-corrected chi connectivity index (χ1v) is 12.4. The molecule has 1 aliphatic heterocycles. The third-order valence-corrected chi connectivity index (χ3v) is 8.10. The largest absolute Gasteiger partial charge is 0.497 e. The summed E-state index contributed by atoms with van der Waals surface area (Å²) in [6.07, 6.45) is 9.73. The van der Waals surface area contributed by atoms with Gasteiger partial charge in [0.2, 0.25) is 15.9 Å². The summed E-state index contributed by atoms with van der Waals surface area (Å²) in [4.78, 5) is 12.9.